The first-order chi connectivity index (χ1) is 9.88. The molecular formula is C17H22N2O. The van der Waals surface area contributed by atoms with Gasteiger partial charge in [0.15, 0.2) is 0 Å². The molecule has 1 aliphatic heterocycles. The average molecular weight is 270 g/mol. The number of nitrogens with one attached hydrogen (secondary N) is 1. The van der Waals surface area contributed by atoms with E-state index in [0.717, 1.165) is 18.8 Å². The van der Waals surface area contributed by atoms with E-state index in [9.17, 15) is 0 Å². The third-order valence-electron chi connectivity index (χ3n) is 3.39. The standard InChI is InChI=1S/C15H16N2O.C2H6/c1-18-13-5-2-4-11(8-13)14-6-3-7-17-15(14)12-9-16-10-12;1-2/h2-8,12,16H,9-10H2,1H3;1-2H3. The lowest BCUT2D eigenvalue weighted by molar-refractivity contribution is 0.415. The van der Waals surface area contributed by atoms with Gasteiger partial charge in [-0.2, -0.15) is 0 Å². The second-order valence-electron chi connectivity index (χ2n) is 4.52. The summed E-state index contributed by atoms with van der Waals surface area (Å²) in [5.41, 5.74) is 3.57. The highest BCUT2D eigenvalue weighted by Crippen LogP contribution is 2.31. The minimum Gasteiger partial charge on any atom is -0.497 e. The van der Waals surface area contributed by atoms with E-state index < -0.39 is 0 Å². The van der Waals surface area contributed by atoms with Crippen molar-refractivity contribution in [1.29, 1.82) is 0 Å². The first-order valence-electron chi connectivity index (χ1n) is 7.18. The van der Waals surface area contributed by atoms with Gasteiger partial charge in [0.25, 0.3) is 0 Å². The summed E-state index contributed by atoms with van der Waals surface area (Å²) in [6.07, 6.45) is 1.87. The molecule has 20 heavy (non-hydrogen) atoms. The summed E-state index contributed by atoms with van der Waals surface area (Å²) in [7, 11) is 1.69. The summed E-state index contributed by atoms with van der Waals surface area (Å²) in [4.78, 5) is 4.55. The Hall–Kier alpha value is -1.87. The van der Waals surface area contributed by atoms with Crippen LogP contribution in [-0.2, 0) is 0 Å². The lowest BCUT2D eigenvalue weighted by Gasteiger charge is -2.28. The highest BCUT2D eigenvalue weighted by atomic mass is 16.5. The molecular weight excluding hydrogens is 248 g/mol. The van der Waals surface area contributed by atoms with Gasteiger partial charge in [0.2, 0.25) is 0 Å². The fourth-order valence-corrected chi connectivity index (χ4v) is 2.26. The minimum absolute atomic E-state index is 0.535. The number of rotatable bonds is 3. The van der Waals surface area contributed by atoms with Gasteiger partial charge in [-0.15, -0.1) is 0 Å². The van der Waals surface area contributed by atoms with Gasteiger partial charge in [0.1, 0.15) is 5.75 Å². The number of aromatic nitrogens is 1. The molecule has 106 valence electrons. The smallest absolute Gasteiger partial charge is 0.119 e. The summed E-state index contributed by atoms with van der Waals surface area (Å²) in [5.74, 6) is 1.42. The molecule has 0 amide bonds. The van der Waals surface area contributed by atoms with Crippen molar-refractivity contribution in [2.24, 2.45) is 0 Å². The highest BCUT2D eigenvalue weighted by Gasteiger charge is 2.23. The van der Waals surface area contributed by atoms with E-state index in [-0.39, 0.29) is 0 Å². The molecule has 3 rings (SSSR count). The van der Waals surface area contributed by atoms with Crippen molar-refractivity contribution in [3.05, 3.63) is 48.3 Å². The maximum Gasteiger partial charge on any atom is 0.119 e. The fourth-order valence-electron chi connectivity index (χ4n) is 2.26. The quantitative estimate of drug-likeness (QED) is 0.927. The molecule has 0 unspecified atom stereocenters. The fraction of sp³-hybridized carbons (Fsp3) is 0.353. The molecule has 2 aromatic rings. The first kappa shape index (κ1) is 14.5. The van der Waals surface area contributed by atoms with Crippen LogP contribution in [0, 0.1) is 0 Å². The van der Waals surface area contributed by atoms with Crippen molar-refractivity contribution in [2.75, 3.05) is 20.2 Å². The number of hydrogen-bond donors (Lipinski definition) is 1. The topological polar surface area (TPSA) is 34.1 Å². The van der Waals surface area contributed by atoms with Crippen molar-refractivity contribution in [3.63, 3.8) is 0 Å². The molecule has 1 aliphatic rings. The van der Waals surface area contributed by atoms with Crippen molar-refractivity contribution >= 4 is 0 Å². The van der Waals surface area contributed by atoms with Gasteiger partial charge in [-0.25, -0.2) is 0 Å². The number of ether oxygens (including phenoxy) is 1. The van der Waals surface area contributed by atoms with Gasteiger partial charge in [-0.05, 0) is 23.8 Å². The number of methoxy groups -OCH3 is 1. The van der Waals surface area contributed by atoms with Gasteiger partial charge >= 0.3 is 0 Å². The molecule has 0 bridgehead atoms. The molecule has 0 saturated carbocycles. The Kier molecular flexibility index (Phi) is 5.13. The molecule has 0 spiro atoms. The summed E-state index contributed by atoms with van der Waals surface area (Å²) in [6.45, 7) is 6.04. The minimum atomic E-state index is 0.535. The van der Waals surface area contributed by atoms with Crippen LogP contribution in [0.2, 0.25) is 0 Å². The van der Waals surface area contributed by atoms with Gasteiger partial charge in [0, 0.05) is 30.8 Å². The summed E-state index contributed by atoms with van der Waals surface area (Å²) < 4.78 is 5.28. The van der Waals surface area contributed by atoms with Crippen LogP contribution in [0.15, 0.2) is 42.6 Å². The zero-order valence-corrected chi connectivity index (χ0v) is 12.4. The van der Waals surface area contributed by atoms with Crippen LogP contribution in [0.5, 0.6) is 5.75 Å². The van der Waals surface area contributed by atoms with E-state index in [2.05, 4.69) is 28.5 Å². The molecule has 0 atom stereocenters. The third-order valence-corrected chi connectivity index (χ3v) is 3.39. The van der Waals surface area contributed by atoms with Gasteiger partial charge in [0.05, 0.1) is 12.8 Å². The largest absolute Gasteiger partial charge is 0.497 e. The number of pyridine rings is 1. The maximum atomic E-state index is 5.28. The van der Waals surface area contributed by atoms with Gasteiger partial charge < -0.3 is 10.1 Å². The Morgan fingerprint density at radius 3 is 2.60 bits per heavy atom. The molecule has 3 nitrogen and oxygen atoms in total. The second-order valence-corrected chi connectivity index (χ2v) is 4.52. The van der Waals surface area contributed by atoms with Crippen LogP contribution < -0.4 is 10.1 Å². The Morgan fingerprint density at radius 1 is 1.15 bits per heavy atom. The van der Waals surface area contributed by atoms with Crippen LogP contribution in [0.1, 0.15) is 25.5 Å². The second kappa shape index (κ2) is 7.06. The van der Waals surface area contributed by atoms with E-state index in [1.807, 2.05) is 38.2 Å². The van der Waals surface area contributed by atoms with Crippen molar-refractivity contribution in [2.45, 2.75) is 19.8 Å². The van der Waals surface area contributed by atoms with Gasteiger partial charge in [-0.3, -0.25) is 4.98 Å². The molecule has 0 radical (unpaired) electrons. The van der Waals surface area contributed by atoms with Crippen LogP contribution in [0.4, 0.5) is 0 Å². The number of nitrogens with zero attached hydrogens (tertiary/aromatic N) is 1. The predicted molar refractivity (Wildman–Crippen MR) is 83.2 cm³/mol. The summed E-state index contributed by atoms with van der Waals surface area (Å²) in [5, 5.41) is 3.30. The summed E-state index contributed by atoms with van der Waals surface area (Å²) >= 11 is 0. The lowest BCUT2D eigenvalue weighted by Crippen LogP contribution is -2.40. The first-order valence-corrected chi connectivity index (χ1v) is 7.18. The molecule has 1 N–H and O–H groups in total. The average Bonchev–Trinajstić information content (AvgIpc) is 2.48. The molecule has 2 heterocycles. The monoisotopic (exact) mass is 270 g/mol. The molecule has 1 fully saturated rings. The van der Waals surface area contributed by atoms with E-state index in [0.29, 0.717) is 5.92 Å². The van der Waals surface area contributed by atoms with Crippen LogP contribution in [-0.4, -0.2) is 25.2 Å². The predicted octanol–water partition coefficient (Wildman–Crippen LogP) is 3.47. The molecule has 1 saturated heterocycles. The van der Waals surface area contributed by atoms with E-state index in [4.69, 9.17) is 4.74 Å². The SMILES string of the molecule is CC.COc1cccc(-c2cccnc2C2CNC2)c1. The van der Waals surface area contributed by atoms with Crippen LogP contribution in [0.3, 0.4) is 0 Å². The zero-order chi connectivity index (χ0) is 14.4. The Balaban J connectivity index is 0.000000704. The number of benzene rings is 1. The zero-order valence-electron chi connectivity index (χ0n) is 12.4. The van der Waals surface area contributed by atoms with E-state index in [1.165, 1.54) is 16.8 Å². The molecule has 1 aromatic carbocycles. The molecule has 3 heteroatoms. The highest BCUT2D eigenvalue weighted by molar-refractivity contribution is 5.68. The lowest BCUT2D eigenvalue weighted by atomic mass is 9.91. The van der Waals surface area contributed by atoms with E-state index in [1.54, 1.807) is 7.11 Å². The van der Waals surface area contributed by atoms with Crippen molar-refractivity contribution in [3.8, 4) is 16.9 Å². The van der Waals surface area contributed by atoms with Crippen molar-refractivity contribution < 1.29 is 4.74 Å². The number of hydrogen-bond acceptors (Lipinski definition) is 3. The Morgan fingerprint density at radius 2 is 1.95 bits per heavy atom. The molecule has 0 aliphatic carbocycles. The maximum absolute atomic E-state index is 5.28. The summed E-state index contributed by atoms with van der Waals surface area (Å²) in [6, 6.07) is 12.3. The van der Waals surface area contributed by atoms with Crippen LogP contribution in [0.25, 0.3) is 11.1 Å². The Labute approximate surface area is 121 Å². The van der Waals surface area contributed by atoms with Gasteiger partial charge in [-0.1, -0.05) is 32.0 Å². The third kappa shape index (κ3) is 2.99. The van der Waals surface area contributed by atoms with Crippen molar-refractivity contribution in [1.82, 2.24) is 10.3 Å². The Bertz CT molecular complexity index is 550. The normalized spacial score (nSPS) is 13.9. The van der Waals surface area contributed by atoms with E-state index >= 15 is 0 Å². The molecule has 1 aromatic heterocycles. The van der Waals surface area contributed by atoms with Crippen LogP contribution >= 0.6 is 0 Å².